The van der Waals surface area contributed by atoms with Crippen molar-refractivity contribution in [1.82, 2.24) is 10.5 Å². The van der Waals surface area contributed by atoms with E-state index in [0.717, 1.165) is 10.4 Å². The molecule has 1 aromatic carbocycles. The monoisotopic (exact) mass is 416 g/mol. The normalized spacial score (nSPS) is 12.0. The Balaban J connectivity index is 1.69. The van der Waals surface area contributed by atoms with Crippen LogP contribution >= 0.6 is 11.3 Å². The van der Waals surface area contributed by atoms with Crippen molar-refractivity contribution in [3.8, 4) is 0 Å². The Morgan fingerprint density at radius 2 is 1.97 bits per heavy atom. The number of aryl methyl sites for hydroxylation is 1. The number of thiophene rings is 1. The minimum Gasteiger partial charge on any atom is -0.452 e. The average molecular weight is 416 g/mol. The number of carbonyl (C=O) groups is 2. The molecule has 0 saturated heterocycles. The second kappa shape index (κ2) is 9.00. The molecular formula is C21H21FN2O4S. The standard InChI is InChI=1S/C21H21FN2O4S/c1-12(2)20-18(13(3)24-28-20)21(26)27-11-17(25)23-19(16-5-4-10-29-16)14-6-8-15(22)9-7-14/h4-10,12,19H,11H2,1-3H3,(H,23,25)/t19-/m0/s1. The molecule has 8 heteroatoms. The number of halogens is 1. The lowest BCUT2D eigenvalue weighted by atomic mass is 10.1. The summed E-state index contributed by atoms with van der Waals surface area (Å²) in [6, 6.07) is 9.17. The summed E-state index contributed by atoms with van der Waals surface area (Å²) in [6.45, 7) is 4.94. The van der Waals surface area contributed by atoms with Gasteiger partial charge in [-0.15, -0.1) is 11.3 Å². The van der Waals surface area contributed by atoms with Crippen LogP contribution < -0.4 is 5.32 Å². The van der Waals surface area contributed by atoms with Crippen molar-refractivity contribution in [1.29, 1.82) is 0 Å². The van der Waals surface area contributed by atoms with Gasteiger partial charge in [0, 0.05) is 10.8 Å². The molecule has 6 nitrogen and oxygen atoms in total. The fourth-order valence-electron chi connectivity index (χ4n) is 2.87. The van der Waals surface area contributed by atoms with E-state index in [1.807, 2.05) is 31.4 Å². The molecule has 3 aromatic rings. The van der Waals surface area contributed by atoms with Gasteiger partial charge in [0.25, 0.3) is 5.91 Å². The molecule has 2 aromatic heterocycles. The predicted octanol–water partition coefficient (Wildman–Crippen LogP) is 4.37. The number of nitrogens with zero attached hydrogens (tertiary/aromatic N) is 1. The lowest BCUT2D eigenvalue weighted by Crippen LogP contribution is -2.32. The van der Waals surface area contributed by atoms with E-state index in [2.05, 4.69) is 10.5 Å². The Bertz CT molecular complexity index is 981. The van der Waals surface area contributed by atoms with Gasteiger partial charge in [-0.3, -0.25) is 4.79 Å². The van der Waals surface area contributed by atoms with Crippen molar-refractivity contribution < 1.29 is 23.2 Å². The number of benzene rings is 1. The number of ether oxygens (including phenoxy) is 1. The molecule has 0 spiro atoms. The maximum atomic E-state index is 13.3. The molecule has 0 fully saturated rings. The van der Waals surface area contributed by atoms with Gasteiger partial charge in [0.1, 0.15) is 11.4 Å². The van der Waals surface area contributed by atoms with Crippen molar-refractivity contribution >= 4 is 23.2 Å². The summed E-state index contributed by atoms with van der Waals surface area (Å²) in [4.78, 5) is 25.8. The maximum absolute atomic E-state index is 13.3. The van der Waals surface area contributed by atoms with Crippen LogP contribution in [0.4, 0.5) is 4.39 Å². The van der Waals surface area contributed by atoms with Crippen LogP contribution in [0.5, 0.6) is 0 Å². The first-order valence-corrected chi connectivity index (χ1v) is 9.96. The highest BCUT2D eigenvalue weighted by Gasteiger charge is 2.25. The van der Waals surface area contributed by atoms with Gasteiger partial charge in [-0.2, -0.15) is 0 Å². The zero-order chi connectivity index (χ0) is 21.0. The summed E-state index contributed by atoms with van der Waals surface area (Å²) in [5, 5.41) is 8.54. The Morgan fingerprint density at radius 3 is 2.59 bits per heavy atom. The number of esters is 1. The van der Waals surface area contributed by atoms with Gasteiger partial charge < -0.3 is 14.6 Å². The van der Waals surface area contributed by atoms with Gasteiger partial charge in [-0.25, -0.2) is 9.18 Å². The molecule has 3 rings (SSSR count). The average Bonchev–Trinajstić information content (AvgIpc) is 3.35. The quantitative estimate of drug-likeness (QED) is 0.579. The molecule has 0 aliphatic carbocycles. The van der Waals surface area contributed by atoms with Crippen LogP contribution in [0.15, 0.2) is 46.3 Å². The summed E-state index contributed by atoms with van der Waals surface area (Å²) in [7, 11) is 0. The van der Waals surface area contributed by atoms with Crippen molar-refractivity contribution in [2.24, 2.45) is 0 Å². The third kappa shape index (κ3) is 4.89. The van der Waals surface area contributed by atoms with Crippen LogP contribution in [-0.2, 0) is 9.53 Å². The first kappa shape index (κ1) is 20.7. The van der Waals surface area contributed by atoms with Crippen molar-refractivity contribution in [2.75, 3.05) is 6.61 Å². The van der Waals surface area contributed by atoms with Crippen molar-refractivity contribution in [3.05, 3.63) is 75.1 Å². The molecule has 0 aliphatic heterocycles. The Kier molecular flexibility index (Phi) is 6.43. The van der Waals surface area contributed by atoms with E-state index < -0.39 is 24.5 Å². The second-order valence-electron chi connectivity index (χ2n) is 6.81. The van der Waals surface area contributed by atoms with Crippen LogP contribution in [0.2, 0.25) is 0 Å². The Labute approximate surface area is 171 Å². The van der Waals surface area contributed by atoms with Gasteiger partial charge in [-0.1, -0.05) is 37.2 Å². The highest BCUT2D eigenvalue weighted by atomic mass is 32.1. The summed E-state index contributed by atoms with van der Waals surface area (Å²) < 4.78 is 23.6. The number of hydrogen-bond donors (Lipinski definition) is 1. The Morgan fingerprint density at radius 1 is 1.24 bits per heavy atom. The number of amides is 1. The second-order valence-corrected chi connectivity index (χ2v) is 7.78. The topological polar surface area (TPSA) is 81.4 Å². The van der Waals surface area contributed by atoms with Crippen LogP contribution in [0.25, 0.3) is 0 Å². The lowest BCUT2D eigenvalue weighted by Gasteiger charge is -2.18. The zero-order valence-electron chi connectivity index (χ0n) is 16.3. The first-order chi connectivity index (χ1) is 13.9. The van der Waals surface area contributed by atoms with E-state index in [-0.39, 0.29) is 17.3 Å². The number of carbonyl (C=O) groups excluding carboxylic acids is 2. The third-order valence-corrected chi connectivity index (χ3v) is 5.23. The van der Waals surface area contributed by atoms with E-state index in [9.17, 15) is 14.0 Å². The highest BCUT2D eigenvalue weighted by molar-refractivity contribution is 7.10. The molecule has 1 atom stereocenters. The van der Waals surface area contributed by atoms with Crippen LogP contribution in [-0.4, -0.2) is 23.6 Å². The van der Waals surface area contributed by atoms with E-state index in [1.54, 1.807) is 19.1 Å². The molecule has 0 bridgehead atoms. The van der Waals surface area contributed by atoms with E-state index >= 15 is 0 Å². The summed E-state index contributed by atoms with van der Waals surface area (Å²) >= 11 is 1.46. The fraction of sp³-hybridized carbons (Fsp3) is 0.286. The van der Waals surface area contributed by atoms with Crippen molar-refractivity contribution in [3.63, 3.8) is 0 Å². The maximum Gasteiger partial charge on any atom is 0.344 e. The number of nitrogens with one attached hydrogen (secondary N) is 1. The summed E-state index contributed by atoms with van der Waals surface area (Å²) in [6.07, 6.45) is 0. The van der Waals surface area contributed by atoms with Crippen LogP contribution in [0.1, 0.15) is 58.1 Å². The summed E-state index contributed by atoms with van der Waals surface area (Å²) in [5.74, 6) is -1.10. The molecule has 1 amide bonds. The summed E-state index contributed by atoms with van der Waals surface area (Å²) in [5.41, 5.74) is 1.40. The van der Waals surface area contributed by atoms with E-state index in [4.69, 9.17) is 9.26 Å². The highest BCUT2D eigenvalue weighted by Crippen LogP contribution is 2.26. The third-order valence-electron chi connectivity index (χ3n) is 4.29. The van der Waals surface area contributed by atoms with E-state index in [1.165, 1.54) is 23.5 Å². The van der Waals surface area contributed by atoms with Crippen LogP contribution in [0, 0.1) is 12.7 Å². The molecular weight excluding hydrogens is 395 g/mol. The molecule has 0 radical (unpaired) electrons. The van der Waals surface area contributed by atoms with Gasteiger partial charge in [0.05, 0.1) is 11.7 Å². The molecule has 0 saturated carbocycles. The molecule has 29 heavy (non-hydrogen) atoms. The van der Waals surface area contributed by atoms with Gasteiger partial charge >= 0.3 is 5.97 Å². The lowest BCUT2D eigenvalue weighted by molar-refractivity contribution is -0.124. The van der Waals surface area contributed by atoms with Crippen LogP contribution in [0.3, 0.4) is 0 Å². The Hall–Kier alpha value is -3.00. The largest absolute Gasteiger partial charge is 0.452 e. The first-order valence-electron chi connectivity index (χ1n) is 9.08. The minimum absolute atomic E-state index is 0.0470. The number of aromatic nitrogens is 1. The van der Waals surface area contributed by atoms with Gasteiger partial charge in [0.15, 0.2) is 12.4 Å². The number of rotatable bonds is 7. The molecule has 152 valence electrons. The molecule has 1 N–H and O–H groups in total. The molecule has 2 heterocycles. The zero-order valence-corrected chi connectivity index (χ0v) is 17.1. The van der Waals surface area contributed by atoms with E-state index in [0.29, 0.717) is 11.5 Å². The fourth-order valence-corrected chi connectivity index (χ4v) is 3.67. The SMILES string of the molecule is Cc1noc(C(C)C)c1C(=O)OCC(=O)N[C@@H](c1ccc(F)cc1)c1cccs1. The molecule has 0 unspecified atom stereocenters. The number of hydrogen-bond acceptors (Lipinski definition) is 6. The van der Waals surface area contributed by atoms with Crippen molar-refractivity contribution in [2.45, 2.75) is 32.7 Å². The predicted molar refractivity (Wildman–Crippen MR) is 106 cm³/mol. The molecule has 0 aliphatic rings. The minimum atomic E-state index is -0.656. The smallest absolute Gasteiger partial charge is 0.344 e. The van der Waals surface area contributed by atoms with Gasteiger partial charge in [0.2, 0.25) is 0 Å². The van der Waals surface area contributed by atoms with Gasteiger partial charge in [-0.05, 0) is 36.1 Å².